The van der Waals surface area contributed by atoms with E-state index in [0.717, 1.165) is 0 Å². The molecule has 0 unspecified atom stereocenters. The van der Waals surface area contributed by atoms with Crippen LogP contribution in [0.25, 0.3) is 0 Å². The molecule has 3 rings (SSSR count). The summed E-state index contributed by atoms with van der Waals surface area (Å²) < 4.78 is 38.0. The zero-order valence-electron chi connectivity index (χ0n) is 16.5. The van der Waals surface area contributed by atoms with Crippen LogP contribution in [0, 0.1) is 5.92 Å². The molecule has 0 bridgehead atoms. The molecule has 1 heterocycles. The summed E-state index contributed by atoms with van der Waals surface area (Å²) in [5.74, 6) is -0.0543. The second-order valence-corrected chi connectivity index (χ2v) is 9.61. The van der Waals surface area contributed by atoms with Gasteiger partial charge in [-0.25, -0.2) is 8.42 Å². The van der Waals surface area contributed by atoms with Crippen LogP contribution in [0.1, 0.15) is 12.8 Å². The Labute approximate surface area is 185 Å². The maximum Gasteiger partial charge on any atom is 0.243 e. The average molecular weight is 473 g/mol. The van der Waals surface area contributed by atoms with E-state index in [0.29, 0.717) is 46.6 Å². The van der Waals surface area contributed by atoms with Crippen molar-refractivity contribution in [3.8, 4) is 11.5 Å². The van der Waals surface area contributed by atoms with Crippen LogP contribution in [0.3, 0.4) is 0 Å². The molecule has 1 atom stereocenters. The lowest BCUT2D eigenvalue weighted by atomic mass is 9.99. The number of carbonyl (C=O) groups excluding carboxylic acids is 1. The molecule has 1 amide bonds. The lowest BCUT2D eigenvalue weighted by Crippen LogP contribution is -2.43. The van der Waals surface area contributed by atoms with Gasteiger partial charge in [0.2, 0.25) is 15.9 Å². The molecule has 0 radical (unpaired) electrons. The Morgan fingerprint density at radius 1 is 1.10 bits per heavy atom. The highest BCUT2D eigenvalue weighted by Gasteiger charge is 2.34. The van der Waals surface area contributed by atoms with Crippen LogP contribution >= 0.6 is 23.2 Å². The largest absolute Gasteiger partial charge is 0.493 e. The maximum atomic E-state index is 13.1. The number of halogens is 2. The van der Waals surface area contributed by atoms with Crippen molar-refractivity contribution < 1.29 is 22.7 Å². The SMILES string of the molecule is COc1ccc(S(=O)(=O)N2CCC[C@H](C(=O)Nc3cc(Cl)ccc3Cl)C2)cc1OC. The van der Waals surface area contributed by atoms with E-state index in [-0.39, 0.29) is 17.3 Å². The Balaban J connectivity index is 1.78. The van der Waals surface area contributed by atoms with Gasteiger partial charge in [0.1, 0.15) is 0 Å². The highest BCUT2D eigenvalue weighted by atomic mass is 35.5. The van der Waals surface area contributed by atoms with E-state index in [1.807, 2.05) is 0 Å². The number of benzene rings is 2. The number of methoxy groups -OCH3 is 2. The van der Waals surface area contributed by atoms with Gasteiger partial charge in [-0.05, 0) is 43.2 Å². The molecule has 0 aromatic heterocycles. The molecular formula is C20H22Cl2N2O5S. The number of anilines is 1. The summed E-state index contributed by atoms with van der Waals surface area (Å²) in [6, 6.07) is 9.20. The standard InChI is InChI=1S/C20H22Cl2N2O5S/c1-28-18-8-6-15(11-19(18)29-2)30(26,27)24-9-3-4-13(12-24)20(25)23-17-10-14(21)5-7-16(17)22/h5-8,10-11,13H,3-4,9,12H2,1-2H3,(H,23,25)/t13-/m0/s1. The van der Waals surface area contributed by atoms with E-state index in [2.05, 4.69) is 5.32 Å². The molecule has 0 aliphatic carbocycles. The van der Waals surface area contributed by atoms with Crippen LogP contribution in [0.4, 0.5) is 5.69 Å². The number of sulfonamides is 1. The second-order valence-electron chi connectivity index (χ2n) is 6.83. The van der Waals surface area contributed by atoms with Gasteiger partial charge in [-0.1, -0.05) is 23.2 Å². The monoisotopic (exact) mass is 472 g/mol. The Morgan fingerprint density at radius 2 is 1.83 bits per heavy atom. The minimum Gasteiger partial charge on any atom is -0.493 e. The molecule has 1 saturated heterocycles. The van der Waals surface area contributed by atoms with Gasteiger partial charge in [0.25, 0.3) is 0 Å². The summed E-state index contributed by atoms with van der Waals surface area (Å²) in [5, 5.41) is 3.55. The lowest BCUT2D eigenvalue weighted by Gasteiger charge is -2.31. The molecule has 162 valence electrons. The number of nitrogens with one attached hydrogen (secondary N) is 1. The van der Waals surface area contributed by atoms with E-state index in [9.17, 15) is 13.2 Å². The van der Waals surface area contributed by atoms with Gasteiger partial charge in [-0.2, -0.15) is 4.31 Å². The number of piperidine rings is 1. The summed E-state index contributed by atoms with van der Waals surface area (Å²) in [7, 11) is -0.884. The summed E-state index contributed by atoms with van der Waals surface area (Å²) in [6.07, 6.45) is 1.13. The van der Waals surface area contributed by atoms with E-state index >= 15 is 0 Å². The summed E-state index contributed by atoms with van der Waals surface area (Å²) in [4.78, 5) is 12.8. The topological polar surface area (TPSA) is 84.9 Å². The first-order valence-corrected chi connectivity index (χ1v) is 11.4. The van der Waals surface area contributed by atoms with Crippen molar-refractivity contribution >= 4 is 44.8 Å². The third kappa shape index (κ3) is 4.83. The highest BCUT2D eigenvalue weighted by molar-refractivity contribution is 7.89. The van der Waals surface area contributed by atoms with Gasteiger partial charge in [0.05, 0.1) is 35.7 Å². The molecule has 2 aromatic carbocycles. The molecule has 10 heteroatoms. The van der Waals surface area contributed by atoms with E-state index < -0.39 is 15.9 Å². The Bertz CT molecular complexity index is 1050. The first kappa shape index (κ1) is 22.7. The molecule has 0 spiro atoms. The molecule has 2 aromatic rings. The number of rotatable bonds is 6. The number of amides is 1. The van der Waals surface area contributed by atoms with Crippen molar-refractivity contribution in [3.63, 3.8) is 0 Å². The number of ether oxygens (including phenoxy) is 2. The average Bonchev–Trinajstić information content (AvgIpc) is 2.75. The van der Waals surface area contributed by atoms with Gasteiger partial charge in [-0.3, -0.25) is 4.79 Å². The van der Waals surface area contributed by atoms with E-state index in [1.165, 1.54) is 30.7 Å². The summed E-state index contributed by atoms with van der Waals surface area (Å²) in [6.45, 7) is 0.402. The van der Waals surface area contributed by atoms with E-state index in [1.54, 1.807) is 24.3 Å². The van der Waals surface area contributed by atoms with Gasteiger partial charge in [0.15, 0.2) is 11.5 Å². The van der Waals surface area contributed by atoms with Crippen molar-refractivity contribution in [3.05, 3.63) is 46.4 Å². The van der Waals surface area contributed by atoms with Crippen LogP contribution in [-0.2, 0) is 14.8 Å². The second kappa shape index (κ2) is 9.43. The predicted octanol–water partition coefficient (Wildman–Crippen LogP) is 4.05. The Kier molecular flexibility index (Phi) is 7.13. The first-order chi connectivity index (χ1) is 14.3. The van der Waals surface area contributed by atoms with Crippen LogP contribution in [-0.4, -0.2) is 45.9 Å². The molecule has 1 aliphatic heterocycles. The van der Waals surface area contributed by atoms with Crippen molar-refractivity contribution in [2.45, 2.75) is 17.7 Å². The molecule has 1 N–H and O–H groups in total. The summed E-state index contributed by atoms with van der Waals surface area (Å²) >= 11 is 12.1. The zero-order chi connectivity index (χ0) is 21.9. The lowest BCUT2D eigenvalue weighted by molar-refractivity contribution is -0.120. The minimum absolute atomic E-state index is 0.0701. The van der Waals surface area contributed by atoms with Crippen molar-refractivity contribution in [1.29, 1.82) is 0 Å². The molecule has 0 saturated carbocycles. The molecule has 7 nitrogen and oxygen atoms in total. The normalized spacial score (nSPS) is 17.4. The van der Waals surface area contributed by atoms with E-state index in [4.69, 9.17) is 32.7 Å². The van der Waals surface area contributed by atoms with Crippen molar-refractivity contribution in [2.24, 2.45) is 5.92 Å². The molecule has 1 aliphatic rings. The quantitative estimate of drug-likeness (QED) is 0.685. The molecule has 1 fully saturated rings. The summed E-state index contributed by atoms with van der Waals surface area (Å²) in [5.41, 5.74) is 0.397. The fraction of sp³-hybridized carbons (Fsp3) is 0.350. The first-order valence-electron chi connectivity index (χ1n) is 9.24. The number of carbonyl (C=O) groups is 1. The Morgan fingerprint density at radius 3 is 2.53 bits per heavy atom. The van der Waals surface area contributed by atoms with Gasteiger partial charge in [0, 0.05) is 24.2 Å². The maximum absolute atomic E-state index is 13.1. The third-order valence-corrected chi connectivity index (χ3v) is 7.36. The van der Waals surface area contributed by atoms with Gasteiger partial charge in [-0.15, -0.1) is 0 Å². The number of nitrogens with zero attached hydrogens (tertiary/aromatic N) is 1. The fourth-order valence-corrected chi connectivity index (χ4v) is 5.21. The zero-order valence-corrected chi connectivity index (χ0v) is 18.9. The van der Waals surface area contributed by atoms with Crippen molar-refractivity contribution in [1.82, 2.24) is 4.31 Å². The fourth-order valence-electron chi connectivity index (χ4n) is 3.33. The molecular weight excluding hydrogens is 451 g/mol. The van der Waals surface area contributed by atoms with Crippen molar-refractivity contribution in [2.75, 3.05) is 32.6 Å². The number of hydrogen-bond acceptors (Lipinski definition) is 5. The van der Waals surface area contributed by atoms with Crippen LogP contribution in [0.15, 0.2) is 41.3 Å². The van der Waals surface area contributed by atoms with Gasteiger partial charge >= 0.3 is 0 Å². The third-order valence-electron chi connectivity index (χ3n) is 4.93. The smallest absolute Gasteiger partial charge is 0.243 e. The van der Waals surface area contributed by atoms with Crippen LogP contribution in [0.5, 0.6) is 11.5 Å². The minimum atomic E-state index is -3.80. The predicted molar refractivity (Wildman–Crippen MR) is 116 cm³/mol. The highest BCUT2D eigenvalue weighted by Crippen LogP contribution is 2.32. The Hall–Kier alpha value is -2.00. The van der Waals surface area contributed by atoms with Crippen LogP contribution < -0.4 is 14.8 Å². The number of hydrogen-bond donors (Lipinski definition) is 1. The van der Waals surface area contributed by atoms with Crippen LogP contribution in [0.2, 0.25) is 10.0 Å². The van der Waals surface area contributed by atoms with Gasteiger partial charge < -0.3 is 14.8 Å². The molecule has 30 heavy (non-hydrogen) atoms.